The van der Waals surface area contributed by atoms with Crippen LogP contribution in [0.2, 0.25) is 0 Å². The summed E-state index contributed by atoms with van der Waals surface area (Å²) in [6, 6.07) is 14.0. The summed E-state index contributed by atoms with van der Waals surface area (Å²) < 4.78 is 15.1. The molecule has 0 unspecified atom stereocenters. The van der Waals surface area contributed by atoms with Gasteiger partial charge in [0, 0.05) is 12.1 Å². The van der Waals surface area contributed by atoms with Crippen LogP contribution in [0.15, 0.2) is 58.8 Å². The number of hydrogen-bond donors (Lipinski definition) is 1. The molecule has 0 aliphatic heterocycles. The second-order valence-electron chi connectivity index (χ2n) is 6.05. The highest BCUT2D eigenvalue weighted by atomic mass is 32.2. The van der Waals surface area contributed by atoms with Crippen molar-refractivity contribution in [1.82, 2.24) is 20.2 Å². The number of nitrogens with one attached hydrogen (secondary N) is 1. The monoisotopic (exact) mass is 397 g/mol. The smallest absolute Gasteiger partial charge is 0.250 e. The van der Waals surface area contributed by atoms with Crippen LogP contribution in [-0.4, -0.2) is 32.6 Å². The van der Waals surface area contributed by atoms with Crippen molar-refractivity contribution in [2.75, 3.05) is 5.75 Å². The van der Waals surface area contributed by atoms with E-state index in [9.17, 15) is 9.18 Å². The first-order valence-electron chi connectivity index (χ1n) is 8.77. The third kappa shape index (κ3) is 5.04. The number of carbonyl (C=O) groups is 1. The molecule has 0 bridgehead atoms. The van der Waals surface area contributed by atoms with Gasteiger partial charge in [0.2, 0.25) is 0 Å². The number of benzene rings is 2. The molecule has 0 atom stereocenters. The molecule has 0 fully saturated rings. The number of aryl methyl sites for hydroxylation is 1. The van der Waals surface area contributed by atoms with Crippen molar-refractivity contribution >= 4 is 23.9 Å². The molecule has 6 nitrogen and oxygen atoms in total. The Balaban J connectivity index is 1.59. The average molecular weight is 397 g/mol. The van der Waals surface area contributed by atoms with E-state index in [0.29, 0.717) is 17.3 Å². The molecule has 3 rings (SSSR count). The minimum Gasteiger partial charge on any atom is -0.302 e. The van der Waals surface area contributed by atoms with E-state index in [4.69, 9.17) is 0 Å². The van der Waals surface area contributed by atoms with Gasteiger partial charge in [-0.2, -0.15) is 5.10 Å². The fourth-order valence-electron chi connectivity index (χ4n) is 2.52. The summed E-state index contributed by atoms with van der Waals surface area (Å²) in [4.78, 5) is 12.0. The maximum Gasteiger partial charge on any atom is 0.250 e. The fraction of sp³-hybridized carbons (Fsp3) is 0.200. The summed E-state index contributed by atoms with van der Waals surface area (Å²) in [5.41, 5.74) is 5.16. The van der Waals surface area contributed by atoms with Gasteiger partial charge in [-0.05, 0) is 31.5 Å². The maximum absolute atomic E-state index is 13.1. The van der Waals surface area contributed by atoms with E-state index in [-0.39, 0.29) is 17.5 Å². The largest absolute Gasteiger partial charge is 0.302 e. The molecule has 1 heterocycles. The minimum absolute atomic E-state index is 0.145. The first-order valence-corrected chi connectivity index (χ1v) is 9.76. The zero-order valence-electron chi connectivity index (χ0n) is 15.6. The molecule has 2 aromatic carbocycles. The maximum atomic E-state index is 13.1. The molecule has 3 aromatic rings. The molecule has 1 amide bonds. The first-order chi connectivity index (χ1) is 13.6. The Labute approximate surface area is 166 Å². The van der Waals surface area contributed by atoms with E-state index in [0.717, 1.165) is 11.4 Å². The Hall–Kier alpha value is -3.00. The molecule has 8 heteroatoms. The summed E-state index contributed by atoms with van der Waals surface area (Å²) in [7, 11) is 0. The quantitative estimate of drug-likeness (QED) is 0.375. The molecule has 0 spiro atoms. The van der Waals surface area contributed by atoms with Gasteiger partial charge < -0.3 is 4.57 Å². The van der Waals surface area contributed by atoms with E-state index in [1.807, 2.05) is 42.7 Å². The van der Waals surface area contributed by atoms with Gasteiger partial charge in [-0.3, -0.25) is 4.79 Å². The van der Waals surface area contributed by atoms with Crippen LogP contribution in [0.4, 0.5) is 4.39 Å². The number of halogens is 1. The Kier molecular flexibility index (Phi) is 6.54. The average Bonchev–Trinajstić information content (AvgIpc) is 3.10. The molecule has 0 saturated heterocycles. The highest BCUT2D eigenvalue weighted by molar-refractivity contribution is 7.99. The Bertz CT molecular complexity index is 985. The summed E-state index contributed by atoms with van der Waals surface area (Å²) in [5.74, 6) is 0.288. The highest BCUT2D eigenvalue weighted by Crippen LogP contribution is 2.24. The third-order valence-electron chi connectivity index (χ3n) is 3.93. The molecule has 0 saturated carbocycles. The van der Waals surface area contributed by atoms with Gasteiger partial charge in [-0.15, -0.1) is 10.2 Å². The van der Waals surface area contributed by atoms with Crippen LogP contribution in [0.5, 0.6) is 0 Å². The van der Waals surface area contributed by atoms with Gasteiger partial charge in [-0.25, -0.2) is 9.82 Å². The van der Waals surface area contributed by atoms with Crippen molar-refractivity contribution < 1.29 is 9.18 Å². The summed E-state index contributed by atoms with van der Waals surface area (Å²) in [6.07, 6.45) is 1.40. The molecule has 144 valence electrons. The summed E-state index contributed by atoms with van der Waals surface area (Å²) in [5, 5.41) is 13.0. The van der Waals surface area contributed by atoms with Crippen LogP contribution in [0.3, 0.4) is 0 Å². The first kappa shape index (κ1) is 19.8. The number of hydrazone groups is 1. The number of hydrogen-bond acceptors (Lipinski definition) is 5. The Morgan fingerprint density at radius 3 is 2.75 bits per heavy atom. The van der Waals surface area contributed by atoms with Gasteiger partial charge >= 0.3 is 0 Å². The second kappa shape index (κ2) is 9.27. The lowest BCUT2D eigenvalue weighted by Gasteiger charge is -2.07. The van der Waals surface area contributed by atoms with E-state index < -0.39 is 0 Å². The number of carbonyl (C=O) groups excluding carboxylic acids is 1. The minimum atomic E-state index is -0.353. The topological polar surface area (TPSA) is 72.2 Å². The van der Waals surface area contributed by atoms with Gasteiger partial charge in [0.15, 0.2) is 11.0 Å². The third-order valence-corrected chi connectivity index (χ3v) is 4.89. The number of thioether (sulfide) groups is 1. The number of rotatable bonds is 7. The van der Waals surface area contributed by atoms with Crippen LogP contribution in [0.25, 0.3) is 11.4 Å². The zero-order valence-corrected chi connectivity index (χ0v) is 16.4. The Morgan fingerprint density at radius 1 is 1.25 bits per heavy atom. The molecule has 1 N–H and O–H groups in total. The summed E-state index contributed by atoms with van der Waals surface area (Å²) in [6.45, 7) is 4.73. The second-order valence-corrected chi connectivity index (χ2v) is 7.00. The predicted octanol–water partition coefficient (Wildman–Crippen LogP) is 3.65. The van der Waals surface area contributed by atoms with Gasteiger partial charge in [0.25, 0.3) is 5.91 Å². The van der Waals surface area contributed by atoms with Gasteiger partial charge in [-0.1, -0.05) is 53.7 Å². The van der Waals surface area contributed by atoms with Gasteiger partial charge in [0.05, 0.1) is 12.0 Å². The van der Waals surface area contributed by atoms with E-state index in [2.05, 4.69) is 20.7 Å². The lowest BCUT2D eigenvalue weighted by Crippen LogP contribution is -2.20. The standard InChI is InChI=1S/C20H20FN5OS/c1-3-26-19(16-9-7-14(2)8-10-16)24-25-20(26)28-13-18(27)23-22-12-15-5-4-6-17(21)11-15/h4-12H,3,13H2,1-2H3,(H,23,27)/b22-12-. The molecular weight excluding hydrogens is 377 g/mol. The van der Waals surface area contributed by atoms with Crippen LogP contribution in [0.1, 0.15) is 18.1 Å². The lowest BCUT2D eigenvalue weighted by atomic mass is 10.1. The number of amides is 1. The molecule has 0 aliphatic rings. The normalized spacial score (nSPS) is 11.1. The fourth-order valence-corrected chi connectivity index (χ4v) is 3.32. The highest BCUT2D eigenvalue weighted by Gasteiger charge is 2.14. The van der Waals surface area contributed by atoms with E-state index in [1.165, 1.54) is 35.7 Å². The molecule has 28 heavy (non-hydrogen) atoms. The number of nitrogens with zero attached hydrogens (tertiary/aromatic N) is 4. The predicted molar refractivity (Wildman–Crippen MR) is 109 cm³/mol. The Morgan fingerprint density at radius 2 is 2.04 bits per heavy atom. The molecule has 0 aliphatic carbocycles. The van der Waals surface area contributed by atoms with Crippen molar-refractivity contribution in [1.29, 1.82) is 0 Å². The van der Waals surface area contributed by atoms with Crippen LogP contribution in [0, 0.1) is 12.7 Å². The van der Waals surface area contributed by atoms with Crippen molar-refractivity contribution in [2.45, 2.75) is 25.5 Å². The van der Waals surface area contributed by atoms with Crippen LogP contribution >= 0.6 is 11.8 Å². The lowest BCUT2D eigenvalue weighted by molar-refractivity contribution is -0.118. The molecule has 1 aromatic heterocycles. The SMILES string of the molecule is CCn1c(SCC(=O)N/N=C\c2cccc(F)c2)nnc1-c1ccc(C)cc1. The van der Waals surface area contributed by atoms with Gasteiger partial charge in [0.1, 0.15) is 5.82 Å². The molecule has 0 radical (unpaired) electrons. The van der Waals surface area contributed by atoms with Crippen LogP contribution < -0.4 is 5.43 Å². The zero-order chi connectivity index (χ0) is 19.9. The van der Waals surface area contributed by atoms with Crippen molar-refractivity contribution in [3.8, 4) is 11.4 Å². The van der Waals surface area contributed by atoms with Crippen LogP contribution in [-0.2, 0) is 11.3 Å². The van der Waals surface area contributed by atoms with Crippen molar-refractivity contribution in [2.24, 2.45) is 5.10 Å². The summed E-state index contributed by atoms with van der Waals surface area (Å²) >= 11 is 1.29. The van der Waals surface area contributed by atoms with Crippen molar-refractivity contribution in [3.05, 3.63) is 65.5 Å². The number of aromatic nitrogens is 3. The van der Waals surface area contributed by atoms with E-state index in [1.54, 1.807) is 12.1 Å². The van der Waals surface area contributed by atoms with E-state index >= 15 is 0 Å². The van der Waals surface area contributed by atoms with Crippen molar-refractivity contribution in [3.63, 3.8) is 0 Å². The molecular formula is C20H20FN5OS.